The molecule has 0 saturated carbocycles. The first-order valence-corrected chi connectivity index (χ1v) is 2.18. The molecule has 1 N–H and O–H groups in total. The van der Waals surface area contributed by atoms with Crippen molar-refractivity contribution in [2.45, 2.75) is 0 Å². The molecule has 0 bridgehead atoms. The molecule has 0 atom stereocenters. The SMILES string of the molecule is [B]N=Nc1ccc[nH]1. The number of hydrogen-bond acceptors (Lipinski definition) is 2. The highest BCUT2D eigenvalue weighted by molar-refractivity contribution is 6.04. The Kier molecular flexibility index (Phi) is 1.46. The van der Waals surface area contributed by atoms with Crippen LogP contribution < -0.4 is 0 Å². The Bertz CT molecular complexity index is 167. The molecule has 0 saturated heterocycles. The van der Waals surface area contributed by atoms with Crippen molar-refractivity contribution in [1.29, 1.82) is 0 Å². The lowest BCUT2D eigenvalue weighted by Crippen LogP contribution is -1.56. The van der Waals surface area contributed by atoms with Crippen LogP contribution in [0.2, 0.25) is 0 Å². The van der Waals surface area contributed by atoms with Crippen LogP contribution in [0, 0.1) is 0 Å². The van der Waals surface area contributed by atoms with Crippen molar-refractivity contribution in [2.75, 3.05) is 0 Å². The van der Waals surface area contributed by atoms with Gasteiger partial charge in [-0.15, -0.1) is 0 Å². The molecule has 0 aliphatic rings. The summed E-state index contributed by atoms with van der Waals surface area (Å²) in [4.78, 5) is 2.80. The van der Waals surface area contributed by atoms with Gasteiger partial charge < -0.3 is 4.98 Å². The third kappa shape index (κ3) is 0.962. The second kappa shape index (κ2) is 2.30. The molecule has 1 aromatic heterocycles. The zero-order chi connectivity index (χ0) is 5.82. The summed E-state index contributed by atoms with van der Waals surface area (Å²) in [6.45, 7) is 0. The average molecular weight is 105 g/mol. The molecule has 4 heteroatoms. The fourth-order valence-electron chi connectivity index (χ4n) is 0.445. The fourth-order valence-corrected chi connectivity index (χ4v) is 0.445. The first kappa shape index (κ1) is 5.09. The summed E-state index contributed by atoms with van der Waals surface area (Å²) in [5.74, 6) is 0.674. The Morgan fingerprint density at radius 2 is 2.50 bits per heavy atom. The van der Waals surface area contributed by atoms with Gasteiger partial charge in [-0.25, -0.2) is 0 Å². The number of nitrogens with zero attached hydrogens (tertiary/aromatic N) is 2. The zero-order valence-electron chi connectivity index (χ0n) is 4.20. The van der Waals surface area contributed by atoms with Gasteiger partial charge in [0, 0.05) is 6.20 Å². The van der Waals surface area contributed by atoms with Gasteiger partial charge >= 0.3 is 0 Å². The molecule has 8 heavy (non-hydrogen) atoms. The third-order valence-corrected chi connectivity index (χ3v) is 0.747. The standard InChI is InChI=1S/C4H4BN3/c5-8-7-4-2-1-3-6-4/h1-3,6H. The number of nitrogens with one attached hydrogen (secondary N) is 1. The molecule has 0 unspecified atom stereocenters. The van der Waals surface area contributed by atoms with Crippen LogP contribution in [-0.4, -0.2) is 13.0 Å². The van der Waals surface area contributed by atoms with Gasteiger partial charge in [-0.05, 0) is 12.1 Å². The topological polar surface area (TPSA) is 40.5 Å². The monoisotopic (exact) mass is 105 g/mol. The molecule has 2 radical (unpaired) electrons. The van der Waals surface area contributed by atoms with Crippen molar-refractivity contribution in [3.05, 3.63) is 18.3 Å². The van der Waals surface area contributed by atoms with E-state index in [0.29, 0.717) is 5.82 Å². The molecule has 1 rings (SSSR count). The normalized spacial score (nSPS) is 10.5. The first-order valence-electron chi connectivity index (χ1n) is 2.18. The minimum atomic E-state index is 0.674. The largest absolute Gasteiger partial charge is 0.345 e. The van der Waals surface area contributed by atoms with E-state index >= 15 is 0 Å². The molecular weight excluding hydrogens is 101 g/mol. The lowest BCUT2D eigenvalue weighted by atomic mass is 10.5. The predicted octanol–water partition coefficient (Wildman–Crippen LogP) is 1.18. The molecule has 0 aliphatic carbocycles. The summed E-state index contributed by atoms with van der Waals surface area (Å²) in [6.07, 6.45) is 1.75. The third-order valence-electron chi connectivity index (χ3n) is 0.747. The maximum Gasteiger partial charge on any atom is 0.293 e. The molecule has 3 nitrogen and oxygen atoms in total. The summed E-state index contributed by atoms with van der Waals surface area (Å²) in [6, 6.07) is 3.60. The van der Waals surface area contributed by atoms with E-state index in [9.17, 15) is 0 Å². The highest BCUT2D eigenvalue weighted by Gasteiger charge is 1.80. The minimum absolute atomic E-state index is 0.674. The molecule has 0 aromatic carbocycles. The van der Waals surface area contributed by atoms with Gasteiger partial charge in [-0.2, -0.15) is 5.11 Å². The maximum absolute atomic E-state index is 4.76. The Morgan fingerprint density at radius 3 is 3.00 bits per heavy atom. The minimum Gasteiger partial charge on any atom is -0.345 e. The number of H-pyrrole nitrogens is 1. The van der Waals surface area contributed by atoms with Crippen LogP contribution in [0.5, 0.6) is 0 Å². The van der Waals surface area contributed by atoms with Crippen molar-refractivity contribution < 1.29 is 0 Å². The quantitative estimate of drug-likeness (QED) is 0.411. The first-order chi connectivity index (χ1) is 3.93. The number of hydrogen-bond donors (Lipinski definition) is 1. The van der Waals surface area contributed by atoms with Crippen LogP contribution >= 0.6 is 0 Å². The van der Waals surface area contributed by atoms with E-state index in [4.69, 9.17) is 7.98 Å². The summed E-state index contributed by atoms with van der Waals surface area (Å²) in [5.41, 5.74) is 0. The van der Waals surface area contributed by atoms with E-state index in [1.54, 1.807) is 12.3 Å². The number of aromatic nitrogens is 1. The van der Waals surface area contributed by atoms with Crippen LogP contribution in [-0.2, 0) is 0 Å². The summed E-state index contributed by atoms with van der Waals surface area (Å²) in [5, 5.41) is 6.59. The summed E-state index contributed by atoms with van der Waals surface area (Å²) >= 11 is 0. The fraction of sp³-hybridized carbons (Fsp3) is 0. The van der Waals surface area contributed by atoms with Crippen LogP contribution in [0.15, 0.2) is 28.5 Å². The summed E-state index contributed by atoms with van der Waals surface area (Å²) in [7, 11) is 4.76. The van der Waals surface area contributed by atoms with E-state index in [-0.39, 0.29) is 0 Å². The van der Waals surface area contributed by atoms with Crippen LogP contribution in [0.4, 0.5) is 5.82 Å². The molecule has 1 heterocycles. The Morgan fingerprint density at radius 1 is 1.62 bits per heavy atom. The molecule has 0 aliphatic heterocycles. The van der Waals surface area contributed by atoms with Crippen molar-refractivity contribution >= 4 is 13.8 Å². The molecule has 0 amide bonds. The average Bonchev–Trinajstić information content (AvgIpc) is 2.19. The highest BCUT2D eigenvalue weighted by atomic mass is 15.1. The van der Waals surface area contributed by atoms with Gasteiger partial charge in [0.05, 0.1) is 0 Å². The number of rotatable bonds is 1. The Hall–Kier alpha value is -1.06. The lowest BCUT2D eigenvalue weighted by Gasteiger charge is -1.77. The van der Waals surface area contributed by atoms with E-state index in [1.807, 2.05) is 6.07 Å². The van der Waals surface area contributed by atoms with Gasteiger partial charge in [0.2, 0.25) is 0 Å². The van der Waals surface area contributed by atoms with Crippen molar-refractivity contribution in [3.63, 3.8) is 0 Å². The van der Waals surface area contributed by atoms with Crippen LogP contribution in [0.3, 0.4) is 0 Å². The molecule has 0 spiro atoms. The van der Waals surface area contributed by atoms with Crippen molar-refractivity contribution in [3.8, 4) is 0 Å². The Labute approximate surface area is 48.3 Å². The maximum atomic E-state index is 4.76. The smallest absolute Gasteiger partial charge is 0.293 e. The van der Waals surface area contributed by atoms with Crippen molar-refractivity contribution in [1.82, 2.24) is 4.98 Å². The van der Waals surface area contributed by atoms with E-state index < -0.39 is 0 Å². The Balaban J connectivity index is 2.77. The number of aromatic amines is 1. The molecular formula is C4H4BN3. The van der Waals surface area contributed by atoms with Crippen LogP contribution in [0.1, 0.15) is 0 Å². The highest BCUT2D eigenvalue weighted by Crippen LogP contribution is 2.04. The van der Waals surface area contributed by atoms with Gasteiger partial charge in [0.15, 0.2) is 5.82 Å². The predicted molar refractivity (Wildman–Crippen MR) is 31.1 cm³/mol. The second-order valence-corrected chi connectivity index (χ2v) is 1.27. The van der Waals surface area contributed by atoms with E-state index in [0.717, 1.165) is 0 Å². The lowest BCUT2D eigenvalue weighted by molar-refractivity contribution is 1.24. The van der Waals surface area contributed by atoms with Gasteiger partial charge in [0.25, 0.3) is 7.98 Å². The van der Waals surface area contributed by atoms with Crippen LogP contribution in [0.25, 0.3) is 0 Å². The molecule has 1 aromatic rings. The van der Waals surface area contributed by atoms with E-state index in [2.05, 4.69) is 15.1 Å². The van der Waals surface area contributed by atoms with Gasteiger partial charge in [-0.1, -0.05) is 0 Å². The van der Waals surface area contributed by atoms with Gasteiger partial charge in [0.1, 0.15) is 0 Å². The van der Waals surface area contributed by atoms with Crippen molar-refractivity contribution in [2.24, 2.45) is 10.1 Å². The second-order valence-electron chi connectivity index (χ2n) is 1.27. The van der Waals surface area contributed by atoms with E-state index in [1.165, 1.54) is 0 Å². The molecule has 0 fully saturated rings. The van der Waals surface area contributed by atoms with Gasteiger partial charge in [-0.3, -0.25) is 5.03 Å². The summed E-state index contributed by atoms with van der Waals surface area (Å²) < 4.78 is 0. The molecule has 38 valence electrons. The zero-order valence-corrected chi connectivity index (χ0v) is 4.20.